The summed E-state index contributed by atoms with van der Waals surface area (Å²) in [6, 6.07) is -0.162. The zero-order valence-electron chi connectivity index (χ0n) is 10.8. The summed E-state index contributed by atoms with van der Waals surface area (Å²) in [5, 5.41) is 4.32. The lowest BCUT2D eigenvalue weighted by atomic mass is 9.72. The van der Waals surface area contributed by atoms with Crippen molar-refractivity contribution in [3.63, 3.8) is 0 Å². The maximum Gasteiger partial charge on any atom is 0.137 e. The van der Waals surface area contributed by atoms with Crippen LogP contribution in [0.1, 0.15) is 12.8 Å². The summed E-state index contributed by atoms with van der Waals surface area (Å²) in [7, 11) is 0. The molecule has 2 heterocycles. The van der Waals surface area contributed by atoms with Gasteiger partial charge in [-0.1, -0.05) is 6.08 Å². The number of hydrogen-bond acceptors (Lipinski definition) is 5. The highest BCUT2D eigenvalue weighted by atomic mass is 16.5. The van der Waals surface area contributed by atoms with E-state index >= 15 is 0 Å². The maximum atomic E-state index is 6.38. The lowest BCUT2D eigenvalue weighted by Gasteiger charge is -2.44. The first-order valence-electron chi connectivity index (χ1n) is 6.58. The van der Waals surface area contributed by atoms with Gasteiger partial charge in [0.1, 0.15) is 18.2 Å². The number of ether oxygens (including phenoxy) is 1. The molecule has 1 aromatic heterocycles. The fourth-order valence-corrected chi connectivity index (χ4v) is 3.14. The number of nitrogens with two attached hydrogens (primary N) is 2. The fraction of sp³-hybridized carbons (Fsp3) is 0.538. The summed E-state index contributed by atoms with van der Waals surface area (Å²) < 4.78 is 7.31. The SMILES string of the molecule is NC1=CC(C2CCOCC2)(n2cncn2)C(N)C=C1. The molecular formula is C13H19N5O. The van der Waals surface area contributed by atoms with Crippen LogP contribution in [0.5, 0.6) is 0 Å². The van der Waals surface area contributed by atoms with E-state index in [1.165, 1.54) is 6.33 Å². The largest absolute Gasteiger partial charge is 0.399 e. The minimum absolute atomic E-state index is 0.162. The fourth-order valence-electron chi connectivity index (χ4n) is 3.14. The van der Waals surface area contributed by atoms with E-state index in [2.05, 4.69) is 10.1 Å². The molecule has 19 heavy (non-hydrogen) atoms. The van der Waals surface area contributed by atoms with E-state index in [0.29, 0.717) is 5.92 Å². The van der Waals surface area contributed by atoms with Gasteiger partial charge in [-0.25, -0.2) is 9.67 Å². The second-order valence-electron chi connectivity index (χ2n) is 5.14. The number of allylic oxidation sites excluding steroid dienone is 1. The van der Waals surface area contributed by atoms with Gasteiger partial charge in [-0.15, -0.1) is 0 Å². The first-order chi connectivity index (χ1) is 9.23. The molecular weight excluding hydrogens is 242 g/mol. The maximum absolute atomic E-state index is 6.38. The molecule has 1 saturated heterocycles. The Kier molecular flexibility index (Phi) is 3.12. The van der Waals surface area contributed by atoms with Crippen molar-refractivity contribution >= 4 is 0 Å². The predicted octanol–water partition coefficient (Wildman–Crippen LogP) is 0.140. The summed E-state index contributed by atoms with van der Waals surface area (Å²) in [6.07, 6.45) is 11.0. The van der Waals surface area contributed by atoms with Crippen LogP contribution >= 0.6 is 0 Å². The van der Waals surface area contributed by atoms with Gasteiger partial charge in [0, 0.05) is 18.9 Å². The smallest absolute Gasteiger partial charge is 0.137 e. The van der Waals surface area contributed by atoms with Gasteiger partial charge in [0.05, 0.1) is 6.04 Å². The van der Waals surface area contributed by atoms with Crippen molar-refractivity contribution in [1.29, 1.82) is 0 Å². The number of nitrogens with zero attached hydrogens (tertiary/aromatic N) is 3. The molecule has 2 aliphatic rings. The van der Waals surface area contributed by atoms with Crippen molar-refractivity contribution in [3.05, 3.63) is 36.6 Å². The Morgan fingerprint density at radius 3 is 2.84 bits per heavy atom. The molecule has 0 aromatic carbocycles. The van der Waals surface area contributed by atoms with Crippen LogP contribution < -0.4 is 11.5 Å². The molecule has 6 nitrogen and oxygen atoms in total. The average Bonchev–Trinajstić information content (AvgIpc) is 2.97. The highest BCUT2D eigenvalue weighted by Crippen LogP contribution is 2.39. The third-order valence-electron chi connectivity index (χ3n) is 4.12. The molecule has 2 atom stereocenters. The van der Waals surface area contributed by atoms with Gasteiger partial charge in [0.15, 0.2) is 0 Å². The van der Waals surface area contributed by atoms with Crippen LogP contribution in [0.15, 0.2) is 36.6 Å². The monoisotopic (exact) mass is 261 g/mol. The van der Waals surface area contributed by atoms with Gasteiger partial charge < -0.3 is 16.2 Å². The van der Waals surface area contributed by atoms with Crippen LogP contribution in [0.3, 0.4) is 0 Å². The van der Waals surface area contributed by atoms with Gasteiger partial charge in [-0.05, 0) is 30.9 Å². The topological polar surface area (TPSA) is 92.0 Å². The minimum atomic E-state index is -0.431. The van der Waals surface area contributed by atoms with E-state index in [1.54, 1.807) is 6.33 Å². The van der Waals surface area contributed by atoms with E-state index in [9.17, 15) is 0 Å². The Labute approximate surface area is 112 Å². The van der Waals surface area contributed by atoms with E-state index in [0.717, 1.165) is 31.8 Å². The first kappa shape index (κ1) is 12.4. The summed E-state index contributed by atoms with van der Waals surface area (Å²) >= 11 is 0. The van der Waals surface area contributed by atoms with Crippen molar-refractivity contribution in [2.75, 3.05) is 13.2 Å². The summed E-state index contributed by atoms with van der Waals surface area (Å²) in [5.74, 6) is 0.349. The summed E-state index contributed by atoms with van der Waals surface area (Å²) in [4.78, 5) is 4.07. The third kappa shape index (κ3) is 1.97. The van der Waals surface area contributed by atoms with Crippen molar-refractivity contribution in [2.45, 2.75) is 24.4 Å². The van der Waals surface area contributed by atoms with Gasteiger partial charge in [0.25, 0.3) is 0 Å². The Bertz CT molecular complexity index is 489. The van der Waals surface area contributed by atoms with Gasteiger partial charge in [0.2, 0.25) is 0 Å². The number of aromatic nitrogens is 3. The van der Waals surface area contributed by atoms with E-state index in [4.69, 9.17) is 16.2 Å². The lowest BCUT2D eigenvalue weighted by Crippen LogP contribution is -2.55. The minimum Gasteiger partial charge on any atom is -0.399 e. The summed E-state index contributed by atoms with van der Waals surface area (Å²) in [6.45, 7) is 1.51. The summed E-state index contributed by atoms with van der Waals surface area (Å²) in [5.41, 5.74) is 12.7. The van der Waals surface area contributed by atoms with Gasteiger partial charge in [-0.3, -0.25) is 0 Å². The van der Waals surface area contributed by atoms with Crippen LogP contribution in [0.25, 0.3) is 0 Å². The molecule has 0 radical (unpaired) electrons. The second kappa shape index (κ2) is 4.79. The molecule has 4 N–H and O–H groups in total. The molecule has 1 aliphatic carbocycles. The molecule has 2 unspecified atom stereocenters. The molecule has 0 amide bonds. The Morgan fingerprint density at radius 2 is 2.16 bits per heavy atom. The molecule has 102 valence electrons. The van der Waals surface area contributed by atoms with Crippen molar-refractivity contribution in [1.82, 2.24) is 14.8 Å². The number of rotatable bonds is 2. The van der Waals surface area contributed by atoms with Crippen LogP contribution in [0.2, 0.25) is 0 Å². The molecule has 3 rings (SSSR count). The van der Waals surface area contributed by atoms with Crippen molar-refractivity contribution in [3.8, 4) is 0 Å². The number of hydrogen-bond donors (Lipinski definition) is 2. The van der Waals surface area contributed by atoms with Crippen LogP contribution in [-0.4, -0.2) is 34.0 Å². The molecule has 0 bridgehead atoms. The highest BCUT2D eigenvalue weighted by molar-refractivity contribution is 5.32. The first-order valence-corrected chi connectivity index (χ1v) is 6.58. The lowest BCUT2D eigenvalue weighted by molar-refractivity contribution is 0.0217. The Balaban J connectivity index is 2.07. The molecule has 0 spiro atoms. The van der Waals surface area contributed by atoms with Crippen molar-refractivity contribution in [2.24, 2.45) is 17.4 Å². The highest BCUT2D eigenvalue weighted by Gasteiger charge is 2.45. The average molecular weight is 261 g/mol. The molecule has 1 aliphatic heterocycles. The van der Waals surface area contributed by atoms with Crippen LogP contribution in [-0.2, 0) is 10.3 Å². The Morgan fingerprint density at radius 1 is 1.37 bits per heavy atom. The zero-order chi connectivity index (χ0) is 13.3. The van der Waals surface area contributed by atoms with Crippen molar-refractivity contribution < 1.29 is 4.74 Å². The second-order valence-corrected chi connectivity index (χ2v) is 5.14. The molecule has 1 fully saturated rings. The standard InChI is InChI=1S/C13H19N5O/c14-11-1-2-12(15)13(7-11,18-9-16-8-17-18)10-3-5-19-6-4-10/h1-2,7-10,12H,3-6,14-15H2. The van der Waals surface area contributed by atoms with Crippen LogP contribution in [0.4, 0.5) is 0 Å². The Hall–Kier alpha value is -1.66. The molecule has 6 heteroatoms. The van der Waals surface area contributed by atoms with E-state index in [-0.39, 0.29) is 6.04 Å². The van der Waals surface area contributed by atoms with Gasteiger partial charge >= 0.3 is 0 Å². The van der Waals surface area contributed by atoms with E-state index in [1.807, 2.05) is 22.9 Å². The van der Waals surface area contributed by atoms with Crippen LogP contribution in [0, 0.1) is 5.92 Å². The normalized spacial score (nSPS) is 32.3. The van der Waals surface area contributed by atoms with E-state index < -0.39 is 5.54 Å². The van der Waals surface area contributed by atoms with Gasteiger partial charge in [-0.2, -0.15) is 5.10 Å². The quantitative estimate of drug-likeness (QED) is 0.790. The predicted molar refractivity (Wildman–Crippen MR) is 70.9 cm³/mol. The molecule has 0 saturated carbocycles. The zero-order valence-corrected chi connectivity index (χ0v) is 10.8. The third-order valence-corrected chi connectivity index (χ3v) is 4.12. The molecule has 1 aromatic rings.